The van der Waals surface area contributed by atoms with Crippen LogP contribution in [0, 0.1) is 0 Å². The minimum atomic E-state index is 0.0530. The van der Waals surface area contributed by atoms with Crippen LogP contribution in [-0.2, 0) is 12.8 Å². The molecule has 0 saturated carbocycles. The molecule has 0 aliphatic heterocycles. The van der Waals surface area contributed by atoms with Crippen LogP contribution in [0.3, 0.4) is 0 Å². The van der Waals surface area contributed by atoms with Gasteiger partial charge in [-0.15, -0.1) is 11.3 Å². The van der Waals surface area contributed by atoms with E-state index in [9.17, 15) is 4.79 Å². The number of fused-ring (bicyclic) bond motifs is 1. The van der Waals surface area contributed by atoms with E-state index in [-0.39, 0.29) is 11.9 Å². The predicted molar refractivity (Wildman–Crippen MR) is 79.3 cm³/mol. The molecule has 0 unspecified atom stereocenters. The Kier molecular flexibility index (Phi) is 4.02. The summed E-state index contributed by atoms with van der Waals surface area (Å²) in [7, 11) is 0. The van der Waals surface area contributed by atoms with Gasteiger partial charge in [-0.2, -0.15) is 0 Å². The van der Waals surface area contributed by atoms with Crippen molar-refractivity contribution in [1.82, 2.24) is 4.90 Å². The van der Waals surface area contributed by atoms with Crippen molar-refractivity contribution in [3.05, 3.63) is 21.4 Å². The first-order valence-electron chi connectivity index (χ1n) is 6.20. The molecule has 0 bridgehead atoms. The van der Waals surface area contributed by atoms with Crippen molar-refractivity contribution in [2.45, 2.75) is 39.2 Å². The molecule has 1 amide bonds. The lowest BCUT2D eigenvalue weighted by molar-refractivity contribution is 0.0741. The topological polar surface area (TPSA) is 46.3 Å². The van der Waals surface area contributed by atoms with E-state index in [1.807, 2.05) is 19.9 Å². The first-order valence-corrected chi connectivity index (χ1v) is 7.42. The molecular formula is C13H18N2OS2. The lowest BCUT2D eigenvalue weighted by atomic mass is 10.2. The first kappa shape index (κ1) is 13.5. The standard InChI is InChI=1S/C13H18N2OS2/c1-8(2)15(7-12(14)17)13(16)11-6-9-4-3-5-10(9)18-11/h6,8H,3-5,7H2,1-2H3,(H2,14,17). The second kappa shape index (κ2) is 5.36. The van der Waals surface area contributed by atoms with Gasteiger partial charge in [0.25, 0.3) is 5.91 Å². The highest BCUT2D eigenvalue weighted by Crippen LogP contribution is 2.31. The first-order chi connectivity index (χ1) is 8.49. The van der Waals surface area contributed by atoms with Gasteiger partial charge in [0.15, 0.2) is 0 Å². The fraction of sp³-hybridized carbons (Fsp3) is 0.538. The van der Waals surface area contributed by atoms with Crippen LogP contribution in [0.5, 0.6) is 0 Å². The van der Waals surface area contributed by atoms with E-state index in [1.54, 1.807) is 16.2 Å². The molecule has 1 aliphatic rings. The Morgan fingerprint density at radius 2 is 2.28 bits per heavy atom. The average Bonchev–Trinajstić information content (AvgIpc) is 2.83. The number of thiocarbonyl (C=S) groups is 1. The number of carbonyl (C=O) groups excluding carboxylic acids is 1. The van der Waals surface area contributed by atoms with E-state index in [2.05, 4.69) is 0 Å². The molecular weight excluding hydrogens is 264 g/mol. The van der Waals surface area contributed by atoms with Crippen LogP contribution in [0.1, 0.15) is 40.4 Å². The molecule has 2 rings (SSSR count). The Bertz CT molecular complexity index is 458. The highest BCUT2D eigenvalue weighted by molar-refractivity contribution is 7.80. The average molecular weight is 282 g/mol. The maximum atomic E-state index is 12.4. The summed E-state index contributed by atoms with van der Waals surface area (Å²) in [5.74, 6) is 0.0530. The van der Waals surface area contributed by atoms with Crippen molar-refractivity contribution in [1.29, 1.82) is 0 Å². The second-order valence-corrected chi connectivity index (χ2v) is 6.57. The van der Waals surface area contributed by atoms with Crippen LogP contribution < -0.4 is 5.73 Å². The normalized spacial score (nSPS) is 13.7. The smallest absolute Gasteiger partial charge is 0.264 e. The van der Waals surface area contributed by atoms with Crippen molar-refractivity contribution in [3.63, 3.8) is 0 Å². The number of hydrogen-bond acceptors (Lipinski definition) is 3. The molecule has 0 aromatic carbocycles. The van der Waals surface area contributed by atoms with E-state index in [0.29, 0.717) is 11.5 Å². The summed E-state index contributed by atoms with van der Waals surface area (Å²) in [6, 6.07) is 2.15. The molecule has 5 heteroatoms. The number of carbonyl (C=O) groups is 1. The van der Waals surface area contributed by atoms with E-state index < -0.39 is 0 Å². The van der Waals surface area contributed by atoms with E-state index in [1.165, 1.54) is 16.9 Å². The van der Waals surface area contributed by atoms with Gasteiger partial charge >= 0.3 is 0 Å². The van der Waals surface area contributed by atoms with Crippen LogP contribution in [0.4, 0.5) is 0 Å². The molecule has 98 valence electrons. The summed E-state index contributed by atoms with van der Waals surface area (Å²) in [5.41, 5.74) is 6.91. The number of hydrogen-bond donors (Lipinski definition) is 1. The third-order valence-electron chi connectivity index (χ3n) is 3.17. The Labute approximate surface area is 117 Å². The summed E-state index contributed by atoms with van der Waals surface area (Å²) in [6.07, 6.45) is 3.44. The van der Waals surface area contributed by atoms with Gasteiger partial charge in [-0.1, -0.05) is 12.2 Å². The van der Waals surface area contributed by atoms with Gasteiger partial charge in [0.2, 0.25) is 0 Å². The summed E-state index contributed by atoms with van der Waals surface area (Å²) < 4.78 is 0. The number of aryl methyl sites for hydroxylation is 2. The van der Waals surface area contributed by atoms with Crippen LogP contribution in [-0.4, -0.2) is 28.4 Å². The summed E-state index contributed by atoms with van der Waals surface area (Å²) in [5, 5.41) is 0. The Balaban J connectivity index is 2.19. The minimum absolute atomic E-state index is 0.0530. The lowest BCUT2D eigenvalue weighted by Gasteiger charge is -2.25. The maximum absolute atomic E-state index is 12.4. The molecule has 0 radical (unpaired) electrons. The molecule has 0 saturated heterocycles. The maximum Gasteiger partial charge on any atom is 0.264 e. The zero-order valence-corrected chi connectivity index (χ0v) is 12.4. The van der Waals surface area contributed by atoms with Crippen molar-refractivity contribution in [3.8, 4) is 0 Å². The van der Waals surface area contributed by atoms with Crippen LogP contribution >= 0.6 is 23.6 Å². The Hall–Kier alpha value is -0.940. The third-order valence-corrected chi connectivity index (χ3v) is 4.52. The number of amides is 1. The van der Waals surface area contributed by atoms with Gasteiger partial charge in [-0.25, -0.2) is 0 Å². The molecule has 3 nitrogen and oxygen atoms in total. The van der Waals surface area contributed by atoms with Gasteiger partial charge in [-0.3, -0.25) is 4.79 Å². The lowest BCUT2D eigenvalue weighted by Crippen LogP contribution is -2.41. The van der Waals surface area contributed by atoms with Crippen molar-refractivity contribution >= 4 is 34.5 Å². The molecule has 0 fully saturated rings. The molecule has 2 N–H and O–H groups in total. The van der Waals surface area contributed by atoms with Gasteiger partial charge < -0.3 is 10.6 Å². The molecule has 1 aliphatic carbocycles. The van der Waals surface area contributed by atoms with E-state index in [0.717, 1.165) is 17.7 Å². The number of rotatable bonds is 4. The summed E-state index contributed by atoms with van der Waals surface area (Å²) in [4.78, 5) is 16.7. The molecule has 1 aromatic rings. The number of thiophene rings is 1. The zero-order valence-electron chi connectivity index (χ0n) is 10.7. The van der Waals surface area contributed by atoms with Gasteiger partial charge in [-0.05, 0) is 44.7 Å². The van der Waals surface area contributed by atoms with Crippen LogP contribution in [0.15, 0.2) is 6.07 Å². The summed E-state index contributed by atoms with van der Waals surface area (Å²) in [6.45, 7) is 4.32. The molecule has 1 aromatic heterocycles. The highest BCUT2D eigenvalue weighted by Gasteiger charge is 2.24. The van der Waals surface area contributed by atoms with E-state index >= 15 is 0 Å². The largest absolute Gasteiger partial charge is 0.392 e. The van der Waals surface area contributed by atoms with E-state index in [4.69, 9.17) is 18.0 Å². The molecule has 18 heavy (non-hydrogen) atoms. The molecule has 0 atom stereocenters. The van der Waals surface area contributed by atoms with Crippen molar-refractivity contribution < 1.29 is 4.79 Å². The number of nitrogens with two attached hydrogens (primary N) is 1. The fourth-order valence-corrected chi connectivity index (χ4v) is 3.58. The molecule has 0 spiro atoms. The Morgan fingerprint density at radius 3 is 2.83 bits per heavy atom. The predicted octanol–water partition coefficient (Wildman–Crippen LogP) is 2.37. The van der Waals surface area contributed by atoms with Crippen molar-refractivity contribution in [2.24, 2.45) is 5.73 Å². The van der Waals surface area contributed by atoms with Gasteiger partial charge in [0.1, 0.15) is 0 Å². The monoisotopic (exact) mass is 282 g/mol. The summed E-state index contributed by atoms with van der Waals surface area (Å²) >= 11 is 6.54. The zero-order chi connectivity index (χ0) is 13.3. The SMILES string of the molecule is CC(C)N(CC(N)=S)C(=O)c1cc2c(s1)CCC2. The second-order valence-electron chi connectivity index (χ2n) is 4.91. The van der Waals surface area contributed by atoms with Crippen LogP contribution in [0.2, 0.25) is 0 Å². The van der Waals surface area contributed by atoms with Crippen molar-refractivity contribution in [2.75, 3.05) is 6.54 Å². The molecule has 1 heterocycles. The minimum Gasteiger partial charge on any atom is -0.392 e. The van der Waals surface area contributed by atoms with Gasteiger partial charge in [0, 0.05) is 10.9 Å². The fourth-order valence-electron chi connectivity index (χ4n) is 2.23. The third kappa shape index (κ3) is 2.72. The Morgan fingerprint density at radius 1 is 1.56 bits per heavy atom. The van der Waals surface area contributed by atoms with Crippen LogP contribution in [0.25, 0.3) is 0 Å². The quantitative estimate of drug-likeness (QED) is 0.862. The highest BCUT2D eigenvalue weighted by atomic mass is 32.1. The van der Waals surface area contributed by atoms with Gasteiger partial charge in [0.05, 0.1) is 16.4 Å². The number of nitrogens with zero attached hydrogens (tertiary/aromatic N) is 1.